The number of hydrogen-bond acceptors (Lipinski definition) is 3. The lowest BCUT2D eigenvalue weighted by Crippen LogP contribution is -2.39. The van der Waals surface area contributed by atoms with Crippen molar-refractivity contribution in [3.63, 3.8) is 0 Å². The normalized spacial score (nSPS) is 11.7. The number of aliphatic hydroxyl groups is 1. The minimum Gasteiger partial charge on any atom is -0.478 e. The van der Waals surface area contributed by atoms with Crippen LogP contribution in [0.3, 0.4) is 0 Å². The molecular formula is C15H18ClNO4. The molecule has 1 amide bonds. The van der Waals surface area contributed by atoms with Gasteiger partial charge >= 0.3 is 5.97 Å². The van der Waals surface area contributed by atoms with Crippen LogP contribution in [-0.2, 0) is 4.79 Å². The van der Waals surface area contributed by atoms with Gasteiger partial charge in [-0.25, -0.2) is 4.79 Å². The van der Waals surface area contributed by atoms with Crippen molar-refractivity contribution in [1.82, 2.24) is 4.90 Å². The highest BCUT2D eigenvalue weighted by Gasteiger charge is 2.20. The molecule has 0 aromatic heterocycles. The van der Waals surface area contributed by atoms with Gasteiger partial charge in [-0.3, -0.25) is 4.79 Å². The Balaban J connectivity index is 2.93. The summed E-state index contributed by atoms with van der Waals surface area (Å²) in [6.07, 6.45) is 2.34. The summed E-state index contributed by atoms with van der Waals surface area (Å²) in [6, 6.07) is 4.62. The van der Waals surface area contributed by atoms with Gasteiger partial charge in [-0.2, -0.15) is 0 Å². The Morgan fingerprint density at radius 1 is 1.38 bits per heavy atom. The van der Waals surface area contributed by atoms with Crippen molar-refractivity contribution < 1.29 is 19.8 Å². The Labute approximate surface area is 128 Å². The predicted molar refractivity (Wildman–Crippen MR) is 81.4 cm³/mol. The molecule has 0 spiro atoms. The van der Waals surface area contributed by atoms with Gasteiger partial charge in [-0.15, -0.1) is 0 Å². The standard InChI is InChI=1S/C15H18ClNO4/c1-15(2,21)9-17(3)14(20)11-5-4-10(12(16)8-11)6-7-13(18)19/h4-8,21H,9H2,1-3H3,(H,18,19)/b7-6+. The highest BCUT2D eigenvalue weighted by Crippen LogP contribution is 2.20. The van der Waals surface area contributed by atoms with E-state index < -0.39 is 11.6 Å². The summed E-state index contributed by atoms with van der Waals surface area (Å²) in [4.78, 5) is 24.1. The van der Waals surface area contributed by atoms with Gasteiger partial charge in [0.25, 0.3) is 5.91 Å². The number of aliphatic carboxylic acids is 1. The van der Waals surface area contributed by atoms with Crippen LogP contribution in [0.2, 0.25) is 5.02 Å². The molecule has 0 unspecified atom stereocenters. The first-order valence-electron chi connectivity index (χ1n) is 6.28. The maximum absolute atomic E-state index is 12.2. The van der Waals surface area contributed by atoms with Crippen LogP contribution in [0.5, 0.6) is 0 Å². The van der Waals surface area contributed by atoms with Crippen molar-refractivity contribution in [3.8, 4) is 0 Å². The number of likely N-dealkylation sites (N-methyl/N-ethyl adjacent to an activating group) is 1. The molecule has 0 aliphatic carbocycles. The van der Waals surface area contributed by atoms with Gasteiger partial charge in [0, 0.05) is 30.3 Å². The first-order valence-corrected chi connectivity index (χ1v) is 6.66. The lowest BCUT2D eigenvalue weighted by atomic mass is 10.1. The maximum atomic E-state index is 12.2. The van der Waals surface area contributed by atoms with Crippen LogP contribution in [0.1, 0.15) is 29.8 Å². The smallest absolute Gasteiger partial charge is 0.328 e. The fourth-order valence-electron chi connectivity index (χ4n) is 1.83. The fourth-order valence-corrected chi connectivity index (χ4v) is 2.07. The van der Waals surface area contributed by atoms with Crippen LogP contribution < -0.4 is 0 Å². The number of hydrogen-bond donors (Lipinski definition) is 2. The minimum absolute atomic E-state index is 0.185. The largest absolute Gasteiger partial charge is 0.478 e. The van der Waals surface area contributed by atoms with E-state index in [1.165, 1.54) is 17.0 Å². The Morgan fingerprint density at radius 2 is 2.00 bits per heavy atom. The Kier molecular flexibility index (Phi) is 5.52. The molecule has 2 N–H and O–H groups in total. The molecule has 0 radical (unpaired) electrons. The zero-order valence-corrected chi connectivity index (χ0v) is 12.9. The second kappa shape index (κ2) is 6.74. The first-order chi connectivity index (χ1) is 9.60. The van der Waals surface area contributed by atoms with Gasteiger partial charge in [0.1, 0.15) is 0 Å². The topological polar surface area (TPSA) is 77.8 Å². The number of amides is 1. The van der Waals surface area contributed by atoms with Crippen molar-refractivity contribution in [3.05, 3.63) is 40.4 Å². The van der Waals surface area contributed by atoms with Crippen LogP contribution in [0.25, 0.3) is 6.08 Å². The maximum Gasteiger partial charge on any atom is 0.328 e. The molecule has 1 aromatic rings. The molecule has 114 valence electrons. The van der Waals surface area contributed by atoms with Crippen LogP contribution in [0.15, 0.2) is 24.3 Å². The van der Waals surface area contributed by atoms with Crippen LogP contribution in [-0.4, -0.2) is 46.2 Å². The summed E-state index contributed by atoms with van der Waals surface area (Å²) in [7, 11) is 1.59. The molecule has 0 saturated heterocycles. The second-order valence-electron chi connectivity index (χ2n) is 5.38. The van der Waals surface area contributed by atoms with Gasteiger partial charge in [0.15, 0.2) is 0 Å². The van der Waals surface area contributed by atoms with E-state index in [0.717, 1.165) is 6.08 Å². The molecule has 5 nitrogen and oxygen atoms in total. The second-order valence-corrected chi connectivity index (χ2v) is 5.79. The fraction of sp³-hybridized carbons (Fsp3) is 0.333. The van der Waals surface area contributed by atoms with Crippen molar-refractivity contribution in [1.29, 1.82) is 0 Å². The Hall–Kier alpha value is -1.85. The summed E-state index contributed by atoms with van der Waals surface area (Å²) in [5, 5.41) is 18.6. The van der Waals surface area contributed by atoms with Crippen LogP contribution >= 0.6 is 11.6 Å². The molecule has 0 saturated carbocycles. The number of rotatable bonds is 5. The number of carboxylic acid groups (broad SMARTS) is 1. The third kappa shape index (κ3) is 5.57. The van der Waals surface area contributed by atoms with Crippen molar-refractivity contribution in [2.24, 2.45) is 0 Å². The van der Waals surface area contributed by atoms with Crippen molar-refractivity contribution >= 4 is 29.6 Å². The van der Waals surface area contributed by atoms with Crippen LogP contribution in [0, 0.1) is 0 Å². The van der Waals surface area contributed by atoms with Gasteiger partial charge < -0.3 is 15.1 Å². The van der Waals surface area contributed by atoms with Gasteiger partial charge in [0.05, 0.1) is 5.60 Å². The highest BCUT2D eigenvalue weighted by molar-refractivity contribution is 6.32. The number of nitrogens with zero attached hydrogens (tertiary/aromatic N) is 1. The number of carboxylic acids is 1. The lowest BCUT2D eigenvalue weighted by molar-refractivity contribution is -0.131. The summed E-state index contributed by atoms with van der Waals surface area (Å²) in [5.41, 5.74) is -0.0989. The Bertz CT molecular complexity index is 576. The molecule has 0 heterocycles. The summed E-state index contributed by atoms with van der Waals surface area (Å²) in [6.45, 7) is 3.41. The van der Waals surface area contributed by atoms with E-state index in [2.05, 4.69) is 0 Å². The van der Waals surface area contributed by atoms with Gasteiger partial charge in [0.2, 0.25) is 0 Å². The quantitative estimate of drug-likeness (QED) is 0.818. The number of halogens is 1. The summed E-state index contributed by atoms with van der Waals surface area (Å²) < 4.78 is 0. The average molecular weight is 312 g/mol. The zero-order valence-electron chi connectivity index (χ0n) is 12.1. The molecule has 0 bridgehead atoms. The van der Waals surface area contributed by atoms with Crippen molar-refractivity contribution in [2.45, 2.75) is 19.4 Å². The van der Waals surface area contributed by atoms with Crippen LogP contribution in [0.4, 0.5) is 0 Å². The molecule has 21 heavy (non-hydrogen) atoms. The third-order valence-corrected chi connectivity index (χ3v) is 2.95. The first kappa shape index (κ1) is 17.2. The molecule has 1 rings (SSSR count). The lowest BCUT2D eigenvalue weighted by Gasteiger charge is -2.25. The number of carbonyl (C=O) groups is 2. The third-order valence-electron chi connectivity index (χ3n) is 2.62. The van der Waals surface area contributed by atoms with E-state index in [1.54, 1.807) is 33.0 Å². The van der Waals surface area contributed by atoms with E-state index in [0.29, 0.717) is 11.1 Å². The molecule has 0 aliphatic rings. The molecular weight excluding hydrogens is 294 g/mol. The summed E-state index contributed by atoms with van der Waals surface area (Å²) in [5.74, 6) is -1.34. The summed E-state index contributed by atoms with van der Waals surface area (Å²) >= 11 is 6.03. The molecule has 0 aliphatic heterocycles. The zero-order chi connectivity index (χ0) is 16.2. The van der Waals surface area contributed by atoms with Gasteiger partial charge in [-0.05, 0) is 37.6 Å². The van der Waals surface area contributed by atoms with E-state index in [-0.39, 0.29) is 17.5 Å². The molecule has 6 heteroatoms. The highest BCUT2D eigenvalue weighted by atomic mass is 35.5. The SMILES string of the molecule is CN(CC(C)(C)O)C(=O)c1ccc(/C=C/C(=O)O)c(Cl)c1. The Morgan fingerprint density at radius 3 is 2.48 bits per heavy atom. The molecule has 0 atom stereocenters. The average Bonchev–Trinajstić information content (AvgIpc) is 2.34. The monoisotopic (exact) mass is 311 g/mol. The molecule has 0 fully saturated rings. The van der Waals surface area contributed by atoms with E-state index in [9.17, 15) is 14.7 Å². The number of benzene rings is 1. The molecule has 1 aromatic carbocycles. The van der Waals surface area contributed by atoms with E-state index >= 15 is 0 Å². The van der Waals surface area contributed by atoms with E-state index in [1.807, 2.05) is 0 Å². The predicted octanol–water partition coefficient (Wildman–Crippen LogP) is 2.28. The minimum atomic E-state index is -1.07. The van der Waals surface area contributed by atoms with E-state index in [4.69, 9.17) is 16.7 Å². The number of carbonyl (C=O) groups excluding carboxylic acids is 1. The van der Waals surface area contributed by atoms with Gasteiger partial charge in [-0.1, -0.05) is 17.7 Å². The van der Waals surface area contributed by atoms with Crippen molar-refractivity contribution in [2.75, 3.05) is 13.6 Å².